The first-order valence-electron chi connectivity index (χ1n) is 14.2. The number of amides is 1. The summed E-state index contributed by atoms with van der Waals surface area (Å²) in [5.74, 6) is -0.628. The molecule has 0 unspecified atom stereocenters. The van der Waals surface area contributed by atoms with Gasteiger partial charge in [-0.1, -0.05) is 13.0 Å². The predicted molar refractivity (Wildman–Crippen MR) is 154 cm³/mol. The van der Waals surface area contributed by atoms with Crippen LogP contribution in [0.3, 0.4) is 0 Å². The predicted octanol–water partition coefficient (Wildman–Crippen LogP) is 5.14. The normalized spacial score (nSPS) is 16.3. The first kappa shape index (κ1) is 33.2. The second-order valence-electron chi connectivity index (χ2n) is 10.6. The number of hydrogen-bond acceptors (Lipinski definition) is 9. The molecule has 2 aromatic carbocycles. The summed E-state index contributed by atoms with van der Waals surface area (Å²) in [5, 5.41) is 5.48. The van der Waals surface area contributed by atoms with Crippen molar-refractivity contribution < 1.29 is 44.3 Å². The van der Waals surface area contributed by atoms with Crippen molar-refractivity contribution in [1.82, 2.24) is 19.3 Å². The Morgan fingerprint density at radius 1 is 0.978 bits per heavy atom. The maximum Gasteiger partial charge on any atom is 0.422 e. The van der Waals surface area contributed by atoms with E-state index in [1.165, 1.54) is 16.4 Å². The minimum absolute atomic E-state index is 0.0419. The van der Waals surface area contributed by atoms with Crippen molar-refractivity contribution in [2.45, 2.75) is 55.9 Å². The molecule has 3 aromatic rings. The fourth-order valence-electron chi connectivity index (χ4n) is 5.15. The number of nitrogens with zero attached hydrogens (tertiary/aromatic N) is 5. The number of benzene rings is 2. The zero-order chi connectivity index (χ0) is 33.3. The lowest BCUT2D eigenvalue weighted by Crippen LogP contribution is -2.42. The van der Waals surface area contributed by atoms with E-state index < -0.39 is 46.6 Å². The van der Waals surface area contributed by atoms with Gasteiger partial charge >= 0.3 is 18.4 Å². The van der Waals surface area contributed by atoms with Crippen LogP contribution in [0.25, 0.3) is 0 Å². The Hall–Kier alpha value is -4.19. The highest BCUT2D eigenvalue weighted by Crippen LogP contribution is 2.33. The van der Waals surface area contributed by atoms with Gasteiger partial charge in [0.2, 0.25) is 27.8 Å². The van der Waals surface area contributed by atoms with E-state index in [0.29, 0.717) is 25.1 Å². The van der Waals surface area contributed by atoms with Crippen LogP contribution in [0, 0.1) is 0 Å². The summed E-state index contributed by atoms with van der Waals surface area (Å²) in [6.45, 7) is 0.742. The summed E-state index contributed by atoms with van der Waals surface area (Å²) in [7, 11) is -3.86. The van der Waals surface area contributed by atoms with E-state index >= 15 is 0 Å². The zero-order valence-electron chi connectivity index (χ0n) is 24.3. The molecule has 2 aliphatic heterocycles. The topological polar surface area (TPSA) is 130 Å². The number of hydrogen-bond donors (Lipinski definition) is 2. The molecule has 2 N–H and O–H groups in total. The Bertz CT molecular complexity index is 1700. The van der Waals surface area contributed by atoms with Crippen LogP contribution in [-0.4, -0.2) is 72.0 Å². The van der Waals surface area contributed by atoms with E-state index in [1.807, 2.05) is 0 Å². The molecule has 3 heterocycles. The minimum Gasteiger partial charge on any atom is -0.454 e. The van der Waals surface area contributed by atoms with Crippen molar-refractivity contribution in [1.29, 1.82) is 0 Å². The van der Waals surface area contributed by atoms with Crippen LogP contribution in [0.2, 0.25) is 0 Å². The van der Waals surface area contributed by atoms with Gasteiger partial charge in [-0.05, 0) is 61.2 Å². The Morgan fingerprint density at radius 3 is 2.37 bits per heavy atom. The number of piperidine rings is 1. The molecule has 1 saturated heterocycles. The van der Waals surface area contributed by atoms with E-state index in [-0.39, 0.29) is 54.3 Å². The zero-order valence-corrected chi connectivity index (χ0v) is 25.1. The number of anilines is 4. The summed E-state index contributed by atoms with van der Waals surface area (Å²) in [6, 6.07) is 7.64. The van der Waals surface area contributed by atoms with Gasteiger partial charge in [-0.2, -0.15) is 45.6 Å². The van der Waals surface area contributed by atoms with Gasteiger partial charge in [0, 0.05) is 43.5 Å². The fraction of sp³-hybridized carbons (Fsp3) is 0.429. The molecule has 0 aliphatic carbocycles. The number of rotatable bonds is 9. The van der Waals surface area contributed by atoms with Crippen LogP contribution in [0.5, 0.6) is 6.01 Å². The van der Waals surface area contributed by atoms with Crippen molar-refractivity contribution in [3.05, 3.63) is 53.6 Å². The van der Waals surface area contributed by atoms with Gasteiger partial charge in [0.1, 0.15) is 0 Å². The van der Waals surface area contributed by atoms with Crippen LogP contribution < -0.4 is 20.3 Å². The number of carbonyl (C=O) groups is 1. The highest BCUT2D eigenvalue weighted by atomic mass is 32.2. The molecule has 46 heavy (non-hydrogen) atoms. The van der Waals surface area contributed by atoms with Crippen molar-refractivity contribution in [3.8, 4) is 6.01 Å². The first-order valence-corrected chi connectivity index (χ1v) is 15.7. The van der Waals surface area contributed by atoms with E-state index in [0.717, 1.165) is 23.8 Å². The van der Waals surface area contributed by atoms with Crippen LogP contribution >= 0.6 is 0 Å². The van der Waals surface area contributed by atoms with Crippen LogP contribution in [0.1, 0.15) is 37.3 Å². The Kier molecular flexibility index (Phi) is 9.30. The molecule has 1 amide bonds. The largest absolute Gasteiger partial charge is 0.454 e. The smallest absolute Gasteiger partial charge is 0.422 e. The van der Waals surface area contributed by atoms with Gasteiger partial charge in [0.05, 0.1) is 10.5 Å². The average molecular weight is 674 g/mol. The Morgan fingerprint density at radius 2 is 1.70 bits per heavy atom. The van der Waals surface area contributed by atoms with Crippen molar-refractivity contribution in [2.75, 3.05) is 41.8 Å². The Balaban J connectivity index is 1.28. The third-order valence-corrected chi connectivity index (χ3v) is 9.30. The number of aromatic nitrogens is 3. The Labute approximate surface area is 260 Å². The van der Waals surface area contributed by atoms with Crippen molar-refractivity contribution in [3.63, 3.8) is 0 Å². The molecule has 0 atom stereocenters. The second-order valence-corrected chi connectivity index (χ2v) is 12.6. The molecular formula is C28H29F6N7O4S. The average Bonchev–Trinajstić information content (AvgIpc) is 3.43. The minimum atomic E-state index is -4.71. The number of carbonyl (C=O) groups excluding carboxylic acids is 1. The maximum atomic E-state index is 13.4. The van der Waals surface area contributed by atoms with E-state index in [4.69, 9.17) is 0 Å². The third-order valence-electron chi connectivity index (χ3n) is 7.40. The molecule has 1 aromatic heterocycles. The molecule has 2 aliphatic rings. The quantitative estimate of drug-likeness (QED) is 0.297. The monoisotopic (exact) mass is 673 g/mol. The molecule has 0 saturated carbocycles. The molecule has 5 rings (SSSR count). The highest BCUT2D eigenvalue weighted by Gasteiger charge is 2.33. The molecule has 0 bridgehead atoms. The van der Waals surface area contributed by atoms with Gasteiger partial charge in [0.15, 0.2) is 6.61 Å². The summed E-state index contributed by atoms with van der Waals surface area (Å²) in [4.78, 5) is 25.6. The van der Waals surface area contributed by atoms with Crippen molar-refractivity contribution >= 4 is 39.2 Å². The maximum absolute atomic E-state index is 13.4. The number of nitrogens with one attached hydrogen (secondary N) is 2. The molecule has 11 nitrogen and oxygen atoms in total. The molecular weight excluding hydrogens is 644 g/mol. The lowest BCUT2D eigenvalue weighted by Gasteiger charge is -2.31. The molecule has 18 heteroatoms. The highest BCUT2D eigenvalue weighted by molar-refractivity contribution is 7.89. The number of halogens is 6. The molecule has 0 radical (unpaired) electrons. The van der Waals surface area contributed by atoms with Gasteiger partial charge in [-0.15, -0.1) is 0 Å². The lowest BCUT2D eigenvalue weighted by atomic mass is 10.1. The van der Waals surface area contributed by atoms with E-state index in [1.54, 1.807) is 24.0 Å². The summed E-state index contributed by atoms with van der Waals surface area (Å²) >= 11 is 0. The lowest BCUT2D eigenvalue weighted by molar-refractivity contribution is -0.154. The standard InChI is InChI=1S/C28H29F6N7O4S/c1-2-23(42)41-13-8-17-14-21(6-7-22(17)41)46(43,44)40-11-9-19(10-12-40)35-24-37-25(39-26(38-24)45-16-27(29,30)31)36-20-5-3-4-18(15-20)28(32,33)34/h3-7,14-15,19H,2,8-13,16H2,1H3,(H2,35,36,37,38,39). The SMILES string of the molecule is CCC(=O)N1CCc2cc(S(=O)(=O)N3CCC(Nc4nc(Nc5cccc(C(F)(F)F)c5)nc(OCC(F)(F)F)n4)CC3)ccc21. The van der Waals surface area contributed by atoms with E-state index in [2.05, 4.69) is 30.3 Å². The molecule has 0 spiro atoms. The number of ether oxygens (including phenoxy) is 1. The molecule has 1 fully saturated rings. The van der Waals surface area contributed by atoms with E-state index in [9.17, 15) is 39.6 Å². The fourth-order valence-corrected chi connectivity index (χ4v) is 6.67. The third kappa shape index (κ3) is 7.78. The van der Waals surface area contributed by atoms with Crippen LogP contribution in [0.15, 0.2) is 47.4 Å². The summed E-state index contributed by atoms with van der Waals surface area (Å²) in [5.41, 5.74) is 0.427. The van der Waals surface area contributed by atoms with Gasteiger partial charge < -0.3 is 20.3 Å². The number of fused-ring (bicyclic) bond motifs is 1. The van der Waals surface area contributed by atoms with Crippen LogP contribution in [0.4, 0.5) is 49.6 Å². The second kappa shape index (κ2) is 12.9. The van der Waals surface area contributed by atoms with Gasteiger partial charge in [-0.25, -0.2) is 8.42 Å². The summed E-state index contributed by atoms with van der Waals surface area (Å²) in [6.07, 6.45) is -7.90. The number of sulfonamides is 1. The van der Waals surface area contributed by atoms with Gasteiger partial charge in [-0.3, -0.25) is 4.79 Å². The molecule has 248 valence electrons. The van der Waals surface area contributed by atoms with Crippen molar-refractivity contribution in [2.24, 2.45) is 0 Å². The first-order chi connectivity index (χ1) is 21.6. The summed E-state index contributed by atoms with van der Waals surface area (Å²) < 4.78 is 111. The number of alkyl halides is 6. The van der Waals surface area contributed by atoms with Gasteiger partial charge in [0.25, 0.3) is 0 Å². The van der Waals surface area contributed by atoms with Crippen LogP contribution in [-0.2, 0) is 27.4 Å².